The molecule has 0 unspecified atom stereocenters. The third-order valence-corrected chi connectivity index (χ3v) is 4.84. The van der Waals surface area contributed by atoms with E-state index in [0.29, 0.717) is 19.3 Å². The van der Waals surface area contributed by atoms with Crippen molar-refractivity contribution in [3.05, 3.63) is 42.5 Å². The topological polar surface area (TPSA) is 46.1 Å². The van der Waals surface area contributed by atoms with E-state index in [1.165, 1.54) is 5.39 Å². The van der Waals surface area contributed by atoms with Gasteiger partial charge in [-0.25, -0.2) is 4.99 Å². The molecule has 0 atom stereocenters. The number of ether oxygens (including phenoxy) is 2. The molecule has 5 nitrogen and oxygen atoms in total. The van der Waals surface area contributed by atoms with E-state index in [2.05, 4.69) is 42.3 Å². The van der Waals surface area contributed by atoms with Gasteiger partial charge in [0.25, 0.3) is 0 Å². The van der Waals surface area contributed by atoms with Crippen LogP contribution in [0.4, 0.5) is 0 Å². The van der Waals surface area contributed by atoms with Crippen molar-refractivity contribution in [2.24, 2.45) is 4.99 Å². The number of fused-ring (bicyclic) bond motifs is 1. The number of benzene rings is 2. The molecule has 2 aromatic rings. The minimum atomic E-state index is 0. The van der Waals surface area contributed by atoms with E-state index in [-0.39, 0.29) is 24.0 Å². The van der Waals surface area contributed by atoms with Crippen LogP contribution in [0.15, 0.2) is 47.5 Å². The Morgan fingerprint density at radius 2 is 1.86 bits per heavy atom. The number of rotatable bonds is 7. The quantitative estimate of drug-likeness (QED) is 0.268. The third kappa shape index (κ3) is 6.24. The van der Waals surface area contributed by atoms with Crippen LogP contribution in [0.5, 0.6) is 5.75 Å². The average Bonchev–Trinajstić information content (AvgIpc) is 2.71. The van der Waals surface area contributed by atoms with Gasteiger partial charge in [0, 0.05) is 31.6 Å². The fourth-order valence-corrected chi connectivity index (χ4v) is 3.52. The smallest absolute Gasteiger partial charge is 0.194 e. The zero-order valence-corrected chi connectivity index (χ0v) is 19.2. The lowest BCUT2D eigenvalue weighted by Crippen LogP contribution is -2.47. The van der Waals surface area contributed by atoms with Crippen LogP contribution in [0.25, 0.3) is 10.8 Å². The summed E-state index contributed by atoms with van der Waals surface area (Å²) in [6.45, 7) is 9.01. The summed E-state index contributed by atoms with van der Waals surface area (Å²) < 4.78 is 11.8. The summed E-state index contributed by atoms with van der Waals surface area (Å²) in [5.41, 5.74) is 0. The highest BCUT2D eigenvalue weighted by Crippen LogP contribution is 2.25. The van der Waals surface area contributed by atoms with E-state index in [9.17, 15) is 0 Å². The average molecular weight is 497 g/mol. The van der Waals surface area contributed by atoms with Gasteiger partial charge in [-0.15, -0.1) is 24.0 Å². The number of aliphatic imine (C=N–C) groups is 1. The van der Waals surface area contributed by atoms with Gasteiger partial charge in [0.15, 0.2) is 5.96 Å². The first-order valence-corrected chi connectivity index (χ1v) is 10.1. The number of piperidine rings is 1. The Balaban J connectivity index is 0.00000280. The Kier molecular flexibility index (Phi) is 9.84. The molecule has 0 aromatic heterocycles. The van der Waals surface area contributed by atoms with Crippen molar-refractivity contribution in [1.82, 2.24) is 10.2 Å². The van der Waals surface area contributed by atoms with E-state index >= 15 is 0 Å². The van der Waals surface area contributed by atoms with E-state index in [1.54, 1.807) is 0 Å². The Hall–Kier alpha value is -1.54. The summed E-state index contributed by atoms with van der Waals surface area (Å²) in [5.74, 6) is 1.90. The fourth-order valence-electron chi connectivity index (χ4n) is 3.52. The second-order valence-electron chi connectivity index (χ2n) is 6.70. The number of likely N-dealkylation sites (tertiary alicyclic amines) is 1. The first-order chi connectivity index (χ1) is 13.3. The number of guanidine groups is 1. The molecule has 154 valence electrons. The third-order valence-electron chi connectivity index (χ3n) is 4.84. The van der Waals surface area contributed by atoms with Crippen LogP contribution in [0.1, 0.15) is 26.7 Å². The molecule has 1 fully saturated rings. The van der Waals surface area contributed by atoms with Gasteiger partial charge in [0.05, 0.1) is 12.6 Å². The molecule has 1 heterocycles. The van der Waals surface area contributed by atoms with Crippen molar-refractivity contribution < 1.29 is 9.47 Å². The summed E-state index contributed by atoms with van der Waals surface area (Å²) in [4.78, 5) is 7.10. The van der Waals surface area contributed by atoms with E-state index < -0.39 is 0 Å². The summed E-state index contributed by atoms with van der Waals surface area (Å²) in [6, 6.07) is 14.5. The van der Waals surface area contributed by atoms with Gasteiger partial charge in [-0.1, -0.05) is 36.4 Å². The minimum Gasteiger partial charge on any atom is -0.491 e. The van der Waals surface area contributed by atoms with Gasteiger partial charge in [-0.2, -0.15) is 0 Å². The van der Waals surface area contributed by atoms with Crippen LogP contribution in [0.2, 0.25) is 0 Å². The number of nitrogens with one attached hydrogen (secondary N) is 1. The fraction of sp³-hybridized carbons (Fsp3) is 0.500. The monoisotopic (exact) mass is 497 g/mol. The summed E-state index contributed by atoms with van der Waals surface area (Å²) in [7, 11) is 0. The molecule has 0 radical (unpaired) electrons. The number of hydrogen-bond donors (Lipinski definition) is 1. The van der Waals surface area contributed by atoms with Crippen molar-refractivity contribution in [1.29, 1.82) is 0 Å². The van der Waals surface area contributed by atoms with Crippen molar-refractivity contribution in [3.63, 3.8) is 0 Å². The highest BCUT2D eigenvalue weighted by molar-refractivity contribution is 14.0. The maximum atomic E-state index is 6.01. The van der Waals surface area contributed by atoms with Crippen molar-refractivity contribution >= 4 is 40.7 Å². The lowest BCUT2D eigenvalue weighted by Gasteiger charge is -2.34. The summed E-state index contributed by atoms with van der Waals surface area (Å²) >= 11 is 0. The van der Waals surface area contributed by atoms with Gasteiger partial charge >= 0.3 is 0 Å². The van der Waals surface area contributed by atoms with Crippen LogP contribution in [0.3, 0.4) is 0 Å². The second kappa shape index (κ2) is 12.1. The van der Waals surface area contributed by atoms with Crippen LogP contribution < -0.4 is 10.1 Å². The predicted molar refractivity (Wildman–Crippen MR) is 127 cm³/mol. The summed E-state index contributed by atoms with van der Waals surface area (Å²) in [6.07, 6.45) is 2.51. The first kappa shape index (κ1) is 22.7. The largest absolute Gasteiger partial charge is 0.491 e. The van der Waals surface area contributed by atoms with E-state index in [1.807, 2.05) is 24.3 Å². The molecule has 2 aromatic carbocycles. The zero-order chi connectivity index (χ0) is 18.9. The number of halogens is 1. The molecule has 3 rings (SSSR count). The normalized spacial score (nSPS) is 15.4. The Bertz CT molecular complexity index is 740. The summed E-state index contributed by atoms with van der Waals surface area (Å²) in [5, 5.41) is 5.75. The molecule has 1 aliphatic rings. The van der Waals surface area contributed by atoms with Crippen LogP contribution in [0, 0.1) is 0 Å². The molecular formula is C22H32IN3O2. The van der Waals surface area contributed by atoms with Crippen molar-refractivity contribution in [3.8, 4) is 5.75 Å². The molecule has 0 spiro atoms. The maximum absolute atomic E-state index is 6.01. The van der Waals surface area contributed by atoms with Gasteiger partial charge in [0.1, 0.15) is 12.4 Å². The van der Waals surface area contributed by atoms with E-state index in [4.69, 9.17) is 14.5 Å². The lowest BCUT2D eigenvalue weighted by atomic mass is 10.1. The Labute approximate surface area is 185 Å². The van der Waals surface area contributed by atoms with Crippen molar-refractivity contribution in [2.45, 2.75) is 32.8 Å². The van der Waals surface area contributed by atoms with Crippen LogP contribution in [-0.2, 0) is 4.74 Å². The highest BCUT2D eigenvalue weighted by atomic mass is 127. The lowest BCUT2D eigenvalue weighted by molar-refractivity contribution is 0.0263. The molecule has 0 aliphatic carbocycles. The Morgan fingerprint density at radius 1 is 1.11 bits per heavy atom. The van der Waals surface area contributed by atoms with Crippen molar-refractivity contribution in [2.75, 3.05) is 39.4 Å². The second-order valence-corrected chi connectivity index (χ2v) is 6.70. The first-order valence-electron chi connectivity index (χ1n) is 10.1. The molecule has 1 saturated heterocycles. The molecule has 0 amide bonds. The minimum absolute atomic E-state index is 0. The number of hydrogen-bond acceptors (Lipinski definition) is 3. The molecule has 6 heteroatoms. The van der Waals surface area contributed by atoms with Gasteiger partial charge in [-0.05, 0) is 38.1 Å². The van der Waals surface area contributed by atoms with Gasteiger partial charge in [-0.3, -0.25) is 0 Å². The van der Waals surface area contributed by atoms with E-state index in [0.717, 1.165) is 56.2 Å². The van der Waals surface area contributed by atoms with Crippen LogP contribution in [-0.4, -0.2) is 56.4 Å². The number of nitrogens with zero attached hydrogens (tertiary/aromatic N) is 2. The maximum Gasteiger partial charge on any atom is 0.194 e. The molecule has 1 aliphatic heterocycles. The van der Waals surface area contributed by atoms with Gasteiger partial charge in [0.2, 0.25) is 0 Å². The zero-order valence-electron chi connectivity index (χ0n) is 16.9. The molecule has 1 N–H and O–H groups in total. The van der Waals surface area contributed by atoms with Gasteiger partial charge < -0.3 is 19.7 Å². The molecule has 28 heavy (non-hydrogen) atoms. The molecule has 0 saturated carbocycles. The molecule has 0 bridgehead atoms. The Morgan fingerprint density at radius 3 is 2.61 bits per heavy atom. The molecular weight excluding hydrogens is 465 g/mol. The predicted octanol–water partition coefficient (Wildman–Crippen LogP) is 4.30. The standard InChI is InChI=1S/C22H31N3O2.HI/c1-3-23-22(25-15-12-19(13-16-25)26-4-2)24-14-17-27-21-11-7-9-18-8-5-6-10-20(18)21;/h5-11,19H,3-4,12-17H2,1-2H3,(H,23,24);1H. The highest BCUT2D eigenvalue weighted by Gasteiger charge is 2.21. The SMILES string of the molecule is CCNC(=NCCOc1cccc2ccccc12)N1CCC(OCC)CC1.I. The van der Waals surface area contributed by atoms with Crippen LogP contribution >= 0.6 is 24.0 Å².